The van der Waals surface area contributed by atoms with Crippen molar-refractivity contribution in [2.24, 2.45) is 0 Å². The fourth-order valence-electron chi connectivity index (χ4n) is 2.99. The number of piperazine rings is 1. The summed E-state index contributed by atoms with van der Waals surface area (Å²) in [5.74, 6) is 0.865. The summed E-state index contributed by atoms with van der Waals surface area (Å²) in [5.41, 5.74) is 1.63. The van der Waals surface area contributed by atoms with Crippen LogP contribution >= 0.6 is 0 Å². The first-order valence-electron chi connectivity index (χ1n) is 8.42. The molecule has 0 aliphatic carbocycles. The molecule has 2 amide bonds. The number of methoxy groups -OCH3 is 1. The van der Waals surface area contributed by atoms with Gasteiger partial charge in [-0.3, -0.25) is 9.59 Å². The summed E-state index contributed by atoms with van der Waals surface area (Å²) in [6, 6.07) is 16.8. The molecule has 0 aromatic heterocycles. The SMILES string of the molecule is COc1cccc(CC(=O)N2CCN(C(=O)c3ccccc3)CC2)c1. The van der Waals surface area contributed by atoms with Crippen LogP contribution in [-0.4, -0.2) is 54.9 Å². The third kappa shape index (κ3) is 4.18. The first kappa shape index (κ1) is 17.0. The minimum absolute atomic E-state index is 0.0282. The number of hydrogen-bond acceptors (Lipinski definition) is 3. The van der Waals surface area contributed by atoms with Crippen LogP contribution in [-0.2, 0) is 11.2 Å². The van der Waals surface area contributed by atoms with Crippen molar-refractivity contribution < 1.29 is 14.3 Å². The Morgan fingerprint density at radius 3 is 2.28 bits per heavy atom. The normalized spacial score (nSPS) is 14.3. The number of benzene rings is 2. The molecule has 0 saturated carbocycles. The third-order valence-corrected chi connectivity index (χ3v) is 4.43. The minimum atomic E-state index is 0.0282. The van der Waals surface area contributed by atoms with Crippen molar-refractivity contribution in [1.29, 1.82) is 0 Å². The largest absolute Gasteiger partial charge is 0.497 e. The molecule has 130 valence electrons. The molecule has 1 aliphatic heterocycles. The Hall–Kier alpha value is -2.82. The predicted octanol–water partition coefficient (Wildman–Crippen LogP) is 2.22. The number of amides is 2. The Balaban J connectivity index is 1.55. The third-order valence-electron chi connectivity index (χ3n) is 4.43. The van der Waals surface area contributed by atoms with Crippen LogP contribution in [0.3, 0.4) is 0 Å². The Bertz CT molecular complexity index is 738. The van der Waals surface area contributed by atoms with E-state index < -0.39 is 0 Å². The maximum atomic E-state index is 12.5. The maximum absolute atomic E-state index is 12.5. The monoisotopic (exact) mass is 338 g/mol. The zero-order valence-electron chi connectivity index (χ0n) is 14.4. The lowest BCUT2D eigenvalue weighted by molar-refractivity contribution is -0.131. The van der Waals surface area contributed by atoms with E-state index in [1.807, 2.05) is 64.4 Å². The Morgan fingerprint density at radius 2 is 1.60 bits per heavy atom. The van der Waals surface area contributed by atoms with Crippen molar-refractivity contribution in [2.75, 3.05) is 33.3 Å². The molecular formula is C20H22N2O3. The summed E-state index contributed by atoms with van der Waals surface area (Å²) in [6.45, 7) is 2.28. The van der Waals surface area contributed by atoms with Crippen LogP contribution in [0, 0.1) is 0 Å². The summed E-state index contributed by atoms with van der Waals surface area (Å²) >= 11 is 0. The zero-order valence-corrected chi connectivity index (χ0v) is 14.4. The fraction of sp³-hybridized carbons (Fsp3) is 0.300. The lowest BCUT2D eigenvalue weighted by Crippen LogP contribution is -2.51. The average molecular weight is 338 g/mol. The molecule has 1 saturated heterocycles. The summed E-state index contributed by atoms with van der Waals surface area (Å²) in [6.07, 6.45) is 0.351. The van der Waals surface area contributed by atoms with E-state index in [0.717, 1.165) is 11.3 Å². The summed E-state index contributed by atoms with van der Waals surface area (Å²) < 4.78 is 5.20. The van der Waals surface area contributed by atoms with Crippen LogP contribution in [0.5, 0.6) is 5.75 Å². The van der Waals surface area contributed by atoms with Gasteiger partial charge in [0.25, 0.3) is 5.91 Å². The number of nitrogens with zero attached hydrogens (tertiary/aromatic N) is 2. The molecule has 1 heterocycles. The van der Waals surface area contributed by atoms with Gasteiger partial charge in [0.2, 0.25) is 5.91 Å². The number of carbonyl (C=O) groups excluding carboxylic acids is 2. The van der Waals surface area contributed by atoms with Crippen molar-refractivity contribution in [3.05, 3.63) is 65.7 Å². The van der Waals surface area contributed by atoms with E-state index >= 15 is 0 Å². The molecule has 2 aromatic rings. The van der Waals surface area contributed by atoms with Crippen LogP contribution in [0.15, 0.2) is 54.6 Å². The second kappa shape index (κ2) is 7.83. The van der Waals surface area contributed by atoms with Gasteiger partial charge in [-0.1, -0.05) is 30.3 Å². The first-order valence-corrected chi connectivity index (χ1v) is 8.42. The highest BCUT2D eigenvalue weighted by molar-refractivity contribution is 5.94. The van der Waals surface area contributed by atoms with Crippen molar-refractivity contribution in [2.45, 2.75) is 6.42 Å². The van der Waals surface area contributed by atoms with Gasteiger partial charge in [-0.25, -0.2) is 0 Å². The molecule has 2 aromatic carbocycles. The molecule has 1 aliphatic rings. The van der Waals surface area contributed by atoms with Crippen molar-refractivity contribution in [1.82, 2.24) is 9.80 Å². The fourth-order valence-corrected chi connectivity index (χ4v) is 2.99. The zero-order chi connectivity index (χ0) is 17.6. The van der Waals surface area contributed by atoms with Crippen LogP contribution in [0.4, 0.5) is 0 Å². The van der Waals surface area contributed by atoms with Gasteiger partial charge in [0.1, 0.15) is 5.75 Å². The second-order valence-corrected chi connectivity index (χ2v) is 6.07. The van der Waals surface area contributed by atoms with Crippen molar-refractivity contribution in [3.63, 3.8) is 0 Å². The van der Waals surface area contributed by atoms with Crippen molar-refractivity contribution >= 4 is 11.8 Å². The van der Waals surface area contributed by atoms with Gasteiger partial charge < -0.3 is 14.5 Å². The summed E-state index contributed by atoms with van der Waals surface area (Å²) in [4.78, 5) is 28.6. The molecular weight excluding hydrogens is 316 g/mol. The lowest BCUT2D eigenvalue weighted by Gasteiger charge is -2.35. The first-order chi connectivity index (χ1) is 12.2. The Morgan fingerprint density at radius 1 is 0.920 bits per heavy atom. The maximum Gasteiger partial charge on any atom is 0.253 e. The highest BCUT2D eigenvalue weighted by Gasteiger charge is 2.24. The number of carbonyl (C=O) groups is 2. The van der Waals surface area contributed by atoms with E-state index in [4.69, 9.17) is 4.74 Å². The molecule has 25 heavy (non-hydrogen) atoms. The van der Waals surface area contributed by atoms with E-state index in [0.29, 0.717) is 38.2 Å². The van der Waals surface area contributed by atoms with Gasteiger partial charge in [0, 0.05) is 31.7 Å². The predicted molar refractivity (Wildman–Crippen MR) is 95.6 cm³/mol. The number of rotatable bonds is 4. The second-order valence-electron chi connectivity index (χ2n) is 6.07. The molecule has 1 fully saturated rings. The van der Waals surface area contributed by atoms with E-state index in [1.165, 1.54) is 0 Å². The molecule has 5 nitrogen and oxygen atoms in total. The summed E-state index contributed by atoms with van der Waals surface area (Å²) in [7, 11) is 1.61. The quantitative estimate of drug-likeness (QED) is 0.859. The topological polar surface area (TPSA) is 49.9 Å². The van der Waals surface area contributed by atoms with Crippen LogP contribution < -0.4 is 4.74 Å². The van der Waals surface area contributed by atoms with Crippen molar-refractivity contribution in [3.8, 4) is 5.75 Å². The van der Waals surface area contributed by atoms with E-state index in [9.17, 15) is 9.59 Å². The molecule has 0 N–H and O–H groups in total. The molecule has 5 heteroatoms. The molecule has 0 spiro atoms. The number of hydrogen-bond donors (Lipinski definition) is 0. The lowest BCUT2D eigenvalue weighted by atomic mass is 10.1. The van der Waals surface area contributed by atoms with Gasteiger partial charge in [-0.2, -0.15) is 0 Å². The van der Waals surface area contributed by atoms with Gasteiger partial charge in [-0.15, -0.1) is 0 Å². The van der Waals surface area contributed by atoms with Crippen LogP contribution in [0.1, 0.15) is 15.9 Å². The Labute approximate surface area is 147 Å². The van der Waals surface area contributed by atoms with E-state index in [2.05, 4.69) is 0 Å². The minimum Gasteiger partial charge on any atom is -0.497 e. The Kier molecular flexibility index (Phi) is 5.33. The molecule has 0 radical (unpaired) electrons. The molecule has 3 rings (SSSR count). The summed E-state index contributed by atoms with van der Waals surface area (Å²) in [5, 5.41) is 0. The molecule has 0 unspecified atom stereocenters. The van der Waals surface area contributed by atoms with Crippen LogP contribution in [0.25, 0.3) is 0 Å². The highest BCUT2D eigenvalue weighted by atomic mass is 16.5. The smallest absolute Gasteiger partial charge is 0.253 e. The molecule has 0 bridgehead atoms. The van der Waals surface area contributed by atoms with Gasteiger partial charge in [-0.05, 0) is 29.8 Å². The van der Waals surface area contributed by atoms with E-state index in [-0.39, 0.29) is 11.8 Å². The molecule has 0 atom stereocenters. The standard InChI is InChI=1S/C20H22N2O3/c1-25-18-9-5-6-16(14-18)15-19(23)21-10-12-22(13-11-21)20(24)17-7-3-2-4-8-17/h2-9,14H,10-13,15H2,1H3. The number of ether oxygens (including phenoxy) is 1. The van der Waals surface area contributed by atoms with Gasteiger partial charge >= 0.3 is 0 Å². The highest BCUT2D eigenvalue weighted by Crippen LogP contribution is 2.15. The van der Waals surface area contributed by atoms with Crippen LogP contribution in [0.2, 0.25) is 0 Å². The average Bonchev–Trinajstić information content (AvgIpc) is 2.68. The van der Waals surface area contributed by atoms with Gasteiger partial charge in [0.15, 0.2) is 0 Å². The van der Waals surface area contributed by atoms with Gasteiger partial charge in [0.05, 0.1) is 13.5 Å². The van der Waals surface area contributed by atoms with E-state index in [1.54, 1.807) is 7.11 Å².